The van der Waals surface area contributed by atoms with Gasteiger partial charge in [-0.05, 0) is 51.0 Å². The molecule has 4 nitrogen and oxygen atoms in total. The van der Waals surface area contributed by atoms with E-state index in [4.69, 9.17) is 5.11 Å². The van der Waals surface area contributed by atoms with E-state index >= 15 is 0 Å². The number of rotatable bonds is 7. The molecule has 0 unspecified atom stereocenters. The zero-order valence-corrected chi connectivity index (χ0v) is 13.4. The molecule has 0 bridgehead atoms. The zero-order valence-electron chi connectivity index (χ0n) is 13.4. The van der Waals surface area contributed by atoms with E-state index < -0.39 is 0 Å². The molecule has 1 aromatic carbocycles. The molecule has 0 saturated carbocycles. The zero-order chi connectivity index (χ0) is 15.1. The van der Waals surface area contributed by atoms with Gasteiger partial charge in [0.05, 0.1) is 0 Å². The lowest BCUT2D eigenvalue weighted by Gasteiger charge is -2.38. The molecule has 1 aliphatic rings. The molecule has 0 atom stereocenters. The van der Waals surface area contributed by atoms with Crippen molar-refractivity contribution in [3.63, 3.8) is 0 Å². The van der Waals surface area contributed by atoms with Gasteiger partial charge in [-0.15, -0.1) is 0 Å². The Bertz CT molecular complexity index is 397. The van der Waals surface area contributed by atoms with Gasteiger partial charge >= 0.3 is 0 Å². The van der Waals surface area contributed by atoms with Crippen LogP contribution >= 0.6 is 0 Å². The van der Waals surface area contributed by atoms with Gasteiger partial charge in [0, 0.05) is 56.7 Å². The van der Waals surface area contributed by atoms with Crippen LogP contribution in [0.4, 0.5) is 11.4 Å². The smallest absolute Gasteiger partial charge is 0.0431 e. The van der Waals surface area contributed by atoms with Crippen molar-refractivity contribution in [3.05, 3.63) is 24.3 Å². The van der Waals surface area contributed by atoms with Gasteiger partial charge in [0.25, 0.3) is 0 Å². The Balaban J connectivity index is 1.80. The van der Waals surface area contributed by atoms with E-state index in [9.17, 15) is 0 Å². The summed E-state index contributed by atoms with van der Waals surface area (Å²) in [5.41, 5.74) is 2.48. The molecule has 1 saturated heterocycles. The van der Waals surface area contributed by atoms with Gasteiger partial charge in [-0.1, -0.05) is 0 Å². The minimum absolute atomic E-state index is 0.281. The Labute approximate surface area is 128 Å². The van der Waals surface area contributed by atoms with Gasteiger partial charge in [-0.3, -0.25) is 4.90 Å². The predicted molar refractivity (Wildman–Crippen MR) is 90.2 cm³/mol. The van der Waals surface area contributed by atoms with Gasteiger partial charge in [0.1, 0.15) is 0 Å². The van der Waals surface area contributed by atoms with E-state index in [1.165, 1.54) is 5.69 Å². The van der Waals surface area contributed by atoms with Crippen LogP contribution < -0.4 is 10.2 Å². The fourth-order valence-corrected chi connectivity index (χ4v) is 2.76. The monoisotopic (exact) mass is 291 g/mol. The molecule has 0 spiro atoms. The van der Waals surface area contributed by atoms with Crippen molar-refractivity contribution in [1.82, 2.24) is 4.90 Å². The first-order chi connectivity index (χ1) is 10.2. The molecule has 1 aromatic rings. The van der Waals surface area contributed by atoms with E-state index in [1.807, 2.05) is 0 Å². The third-order valence-electron chi connectivity index (χ3n) is 4.19. The van der Waals surface area contributed by atoms with Crippen LogP contribution in [0.2, 0.25) is 0 Å². The van der Waals surface area contributed by atoms with E-state index in [-0.39, 0.29) is 6.61 Å². The standard InChI is InChI=1S/C17H29N3O/c1-15(2)19-10-12-20(13-11-19)17-7-5-16(6-8-17)18-9-3-4-14-21/h5-8,15,18,21H,3-4,9-14H2,1-2H3. The average Bonchev–Trinajstić information content (AvgIpc) is 2.52. The molecular formula is C17H29N3O. The fourth-order valence-electron chi connectivity index (χ4n) is 2.76. The third-order valence-corrected chi connectivity index (χ3v) is 4.19. The summed E-state index contributed by atoms with van der Waals surface area (Å²) in [4.78, 5) is 5.00. The van der Waals surface area contributed by atoms with Crippen molar-refractivity contribution >= 4 is 11.4 Å². The average molecular weight is 291 g/mol. The fraction of sp³-hybridized carbons (Fsp3) is 0.647. The molecule has 0 radical (unpaired) electrons. The van der Waals surface area contributed by atoms with Crippen molar-refractivity contribution in [3.8, 4) is 0 Å². The summed E-state index contributed by atoms with van der Waals surface area (Å²) in [6.07, 6.45) is 1.88. The number of anilines is 2. The second kappa shape index (κ2) is 8.25. The maximum absolute atomic E-state index is 8.76. The van der Waals surface area contributed by atoms with Crippen molar-refractivity contribution in [2.75, 3.05) is 49.5 Å². The van der Waals surface area contributed by atoms with Gasteiger partial charge in [0.2, 0.25) is 0 Å². The number of piperazine rings is 1. The first-order valence-corrected chi connectivity index (χ1v) is 8.14. The van der Waals surface area contributed by atoms with Gasteiger partial charge in [-0.25, -0.2) is 0 Å². The highest BCUT2D eigenvalue weighted by molar-refractivity contribution is 5.55. The van der Waals surface area contributed by atoms with Crippen molar-refractivity contribution < 1.29 is 5.11 Å². The highest BCUT2D eigenvalue weighted by atomic mass is 16.2. The number of aliphatic hydroxyl groups excluding tert-OH is 1. The maximum atomic E-state index is 8.76. The molecule has 21 heavy (non-hydrogen) atoms. The van der Waals surface area contributed by atoms with Crippen LogP contribution in [0.25, 0.3) is 0 Å². The summed E-state index contributed by atoms with van der Waals surface area (Å²) >= 11 is 0. The molecule has 1 aliphatic heterocycles. The van der Waals surface area contributed by atoms with Crippen LogP contribution in [0, 0.1) is 0 Å². The molecule has 0 aromatic heterocycles. The van der Waals surface area contributed by atoms with Gasteiger partial charge in [-0.2, -0.15) is 0 Å². The highest BCUT2D eigenvalue weighted by Gasteiger charge is 2.18. The van der Waals surface area contributed by atoms with Crippen LogP contribution in [0.15, 0.2) is 24.3 Å². The Morgan fingerprint density at radius 2 is 1.71 bits per heavy atom. The van der Waals surface area contributed by atoms with Gasteiger partial charge < -0.3 is 15.3 Å². The van der Waals surface area contributed by atoms with Crippen LogP contribution in [0.5, 0.6) is 0 Å². The normalized spacial score (nSPS) is 16.5. The van der Waals surface area contributed by atoms with Crippen LogP contribution in [-0.2, 0) is 0 Å². The minimum atomic E-state index is 0.281. The summed E-state index contributed by atoms with van der Waals surface area (Å²) < 4.78 is 0. The molecule has 4 heteroatoms. The topological polar surface area (TPSA) is 38.7 Å². The van der Waals surface area contributed by atoms with Gasteiger partial charge in [0.15, 0.2) is 0 Å². The Hall–Kier alpha value is -1.26. The lowest BCUT2D eigenvalue weighted by Crippen LogP contribution is -2.48. The summed E-state index contributed by atoms with van der Waals surface area (Å²) in [7, 11) is 0. The first kappa shape index (κ1) is 16.1. The number of hydrogen-bond donors (Lipinski definition) is 2. The molecule has 118 valence electrons. The van der Waals surface area contributed by atoms with Crippen LogP contribution in [0.1, 0.15) is 26.7 Å². The molecule has 1 fully saturated rings. The molecule has 0 amide bonds. The van der Waals surface area contributed by atoms with Crippen molar-refractivity contribution in [2.24, 2.45) is 0 Å². The summed E-state index contributed by atoms with van der Waals surface area (Å²) in [5.74, 6) is 0. The number of hydrogen-bond acceptors (Lipinski definition) is 4. The number of aliphatic hydroxyl groups is 1. The summed E-state index contributed by atoms with van der Waals surface area (Å²) in [6.45, 7) is 10.3. The van der Waals surface area contributed by atoms with Crippen LogP contribution in [-0.4, -0.2) is 55.4 Å². The number of benzene rings is 1. The van der Waals surface area contributed by atoms with Crippen molar-refractivity contribution in [1.29, 1.82) is 0 Å². The second-order valence-electron chi connectivity index (χ2n) is 6.02. The molecule has 2 rings (SSSR count). The van der Waals surface area contributed by atoms with Crippen molar-refractivity contribution in [2.45, 2.75) is 32.7 Å². The molecule has 1 heterocycles. The summed E-state index contributed by atoms with van der Waals surface area (Å²) in [6, 6.07) is 9.38. The molecular weight excluding hydrogens is 262 g/mol. The Kier molecular flexibility index (Phi) is 6.33. The van der Waals surface area contributed by atoms with E-state index in [0.29, 0.717) is 6.04 Å². The lowest BCUT2D eigenvalue weighted by atomic mass is 10.2. The number of unbranched alkanes of at least 4 members (excludes halogenated alkanes) is 1. The SMILES string of the molecule is CC(C)N1CCN(c2ccc(NCCCCO)cc2)CC1. The minimum Gasteiger partial charge on any atom is -0.396 e. The first-order valence-electron chi connectivity index (χ1n) is 8.14. The highest BCUT2D eigenvalue weighted by Crippen LogP contribution is 2.20. The lowest BCUT2D eigenvalue weighted by molar-refractivity contribution is 0.209. The van der Waals surface area contributed by atoms with E-state index in [0.717, 1.165) is 51.3 Å². The largest absolute Gasteiger partial charge is 0.396 e. The summed E-state index contributed by atoms with van der Waals surface area (Å²) in [5, 5.41) is 12.2. The maximum Gasteiger partial charge on any atom is 0.0431 e. The number of nitrogens with zero attached hydrogens (tertiary/aromatic N) is 2. The van der Waals surface area contributed by atoms with Crippen LogP contribution in [0.3, 0.4) is 0 Å². The molecule has 0 aliphatic carbocycles. The Morgan fingerprint density at radius 1 is 1.05 bits per heavy atom. The van der Waals surface area contributed by atoms with E-state index in [2.05, 4.69) is 53.2 Å². The second-order valence-corrected chi connectivity index (χ2v) is 6.02. The molecule has 2 N–H and O–H groups in total. The number of nitrogens with one attached hydrogen (secondary N) is 1. The third kappa shape index (κ3) is 4.90. The van der Waals surface area contributed by atoms with E-state index in [1.54, 1.807) is 0 Å². The Morgan fingerprint density at radius 3 is 2.29 bits per heavy atom. The quantitative estimate of drug-likeness (QED) is 0.757. The predicted octanol–water partition coefficient (Wildman–Crippen LogP) is 2.40.